The second-order valence-electron chi connectivity index (χ2n) is 10.6. The van der Waals surface area contributed by atoms with E-state index in [1.54, 1.807) is 36.4 Å². The molecule has 214 valence electrons. The molecule has 9 heteroatoms. The number of hydrogen-bond acceptors (Lipinski definition) is 7. The summed E-state index contributed by atoms with van der Waals surface area (Å²) in [6.07, 6.45) is 0.702. The minimum atomic E-state index is -0.945. The number of aliphatic hydroxyl groups is 1. The summed E-state index contributed by atoms with van der Waals surface area (Å²) in [6, 6.07) is 26.6. The van der Waals surface area contributed by atoms with Crippen LogP contribution in [0.15, 0.2) is 96.6 Å². The number of anilines is 1. The van der Waals surface area contributed by atoms with Crippen molar-refractivity contribution >= 4 is 55.7 Å². The molecule has 2 aliphatic heterocycles. The van der Waals surface area contributed by atoms with Crippen molar-refractivity contribution in [3.63, 3.8) is 0 Å². The van der Waals surface area contributed by atoms with Gasteiger partial charge in [-0.05, 0) is 72.1 Å². The van der Waals surface area contributed by atoms with Gasteiger partial charge in [0.15, 0.2) is 5.13 Å². The Balaban J connectivity index is 1.35. The third-order valence-corrected chi connectivity index (χ3v) is 8.83. The summed E-state index contributed by atoms with van der Waals surface area (Å²) in [5, 5.41) is 12.5. The highest BCUT2D eigenvalue weighted by atomic mass is 35.5. The number of ether oxygens (including phenoxy) is 2. The Hall–Kier alpha value is -4.66. The van der Waals surface area contributed by atoms with E-state index in [1.165, 1.54) is 16.2 Å². The number of nitrogens with zero attached hydrogens (tertiary/aromatic N) is 2. The molecule has 0 bridgehead atoms. The molecule has 1 amide bonds. The molecule has 0 spiro atoms. The monoisotopic (exact) mass is 608 g/mol. The molecule has 7 nitrogen and oxygen atoms in total. The predicted molar refractivity (Wildman–Crippen MR) is 167 cm³/mol. The largest absolute Gasteiger partial charge is 0.507 e. The van der Waals surface area contributed by atoms with Crippen LogP contribution in [0.25, 0.3) is 16.0 Å². The van der Waals surface area contributed by atoms with Crippen LogP contribution >= 0.6 is 22.9 Å². The van der Waals surface area contributed by atoms with Crippen molar-refractivity contribution in [2.75, 3.05) is 4.90 Å². The van der Waals surface area contributed by atoms with E-state index in [9.17, 15) is 14.7 Å². The maximum atomic E-state index is 13.7. The third-order valence-electron chi connectivity index (χ3n) is 7.58. The van der Waals surface area contributed by atoms with E-state index in [1.807, 2.05) is 61.5 Å². The average molecular weight is 609 g/mol. The van der Waals surface area contributed by atoms with Crippen molar-refractivity contribution in [3.05, 3.63) is 124 Å². The molecule has 4 aromatic carbocycles. The summed E-state index contributed by atoms with van der Waals surface area (Å²) in [7, 11) is 0. The van der Waals surface area contributed by atoms with Crippen molar-refractivity contribution < 1.29 is 24.2 Å². The molecule has 1 N–H and O–H groups in total. The first-order valence-electron chi connectivity index (χ1n) is 13.8. The van der Waals surface area contributed by atoms with Crippen LogP contribution in [0, 0.1) is 0 Å². The number of thiazole rings is 1. The number of carbonyl (C=O) groups is 2. The highest BCUT2D eigenvalue weighted by molar-refractivity contribution is 7.22. The van der Waals surface area contributed by atoms with Crippen molar-refractivity contribution in [1.82, 2.24) is 4.98 Å². The molecule has 2 atom stereocenters. The Morgan fingerprint density at radius 2 is 1.88 bits per heavy atom. The lowest BCUT2D eigenvalue weighted by Gasteiger charge is -2.23. The second kappa shape index (κ2) is 10.9. The molecule has 0 unspecified atom stereocenters. The molecule has 1 saturated heterocycles. The first-order valence-corrected chi connectivity index (χ1v) is 15.0. The van der Waals surface area contributed by atoms with Crippen LogP contribution in [-0.4, -0.2) is 27.9 Å². The Morgan fingerprint density at radius 1 is 1.05 bits per heavy atom. The SMILES string of the molecule is C[C@@H]1Cc2cc(C(O)=C3C(=O)C(=O)N(c4nc5ccc(Cl)cc5s4)[C@@H]3c3cccc(OCc4ccccc4)c3)ccc2O1. The zero-order chi connectivity index (χ0) is 29.7. The molecule has 0 saturated carbocycles. The molecule has 1 fully saturated rings. The second-order valence-corrected chi connectivity index (χ2v) is 12.0. The summed E-state index contributed by atoms with van der Waals surface area (Å²) < 4.78 is 12.7. The lowest BCUT2D eigenvalue weighted by molar-refractivity contribution is -0.132. The fraction of sp³-hybridized carbons (Fsp3) is 0.147. The van der Waals surface area contributed by atoms with Gasteiger partial charge in [0.05, 0.1) is 21.8 Å². The van der Waals surface area contributed by atoms with E-state index in [2.05, 4.69) is 4.98 Å². The Kier molecular flexibility index (Phi) is 6.88. The summed E-state index contributed by atoms with van der Waals surface area (Å²) in [5.41, 5.74) is 3.60. The van der Waals surface area contributed by atoms with E-state index in [4.69, 9.17) is 21.1 Å². The van der Waals surface area contributed by atoms with Gasteiger partial charge in [0.1, 0.15) is 30.0 Å². The third kappa shape index (κ3) is 5.02. The quantitative estimate of drug-likeness (QED) is 0.122. The van der Waals surface area contributed by atoms with Gasteiger partial charge in [-0.1, -0.05) is 65.4 Å². The number of fused-ring (bicyclic) bond motifs is 2. The first kappa shape index (κ1) is 27.2. The van der Waals surface area contributed by atoms with Gasteiger partial charge in [0.2, 0.25) is 0 Å². The normalized spacial score (nSPS) is 19.1. The minimum Gasteiger partial charge on any atom is -0.507 e. The van der Waals surface area contributed by atoms with Crippen molar-refractivity contribution in [1.29, 1.82) is 0 Å². The standard InChI is InChI=1S/C34H25ClN2O5S/c1-19-14-23-15-22(10-13-27(23)42-19)31(38)29-30(21-8-5-9-25(16-21)41-18-20-6-3-2-4-7-20)37(33(40)32(29)39)34-36-26-12-11-24(35)17-28(26)43-34/h2-13,15-17,19,30,38H,14,18H2,1H3/t19-,30-/m1/s1. The Labute approximate surface area is 256 Å². The molecule has 43 heavy (non-hydrogen) atoms. The van der Waals surface area contributed by atoms with Gasteiger partial charge in [-0.3, -0.25) is 14.5 Å². The zero-order valence-corrected chi connectivity index (χ0v) is 24.6. The molecule has 2 aliphatic rings. The summed E-state index contributed by atoms with van der Waals surface area (Å²) in [5.74, 6) is -0.511. The number of Topliss-reactive ketones (excluding diaryl/α,β-unsaturated/α-hetero) is 1. The topological polar surface area (TPSA) is 89.0 Å². The molecule has 7 rings (SSSR count). The number of aliphatic hydroxyl groups excluding tert-OH is 1. The Morgan fingerprint density at radius 3 is 2.72 bits per heavy atom. The van der Waals surface area contributed by atoms with Gasteiger partial charge >= 0.3 is 5.91 Å². The highest BCUT2D eigenvalue weighted by Gasteiger charge is 2.48. The van der Waals surface area contributed by atoms with Gasteiger partial charge < -0.3 is 14.6 Å². The van der Waals surface area contributed by atoms with Crippen molar-refractivity contribution in [2.24, 2.45) is 0 Å². The number of aromatic nitrogens is 1. The lowest BCUT2D eigenvalue weighted by atomic mass is 9.94. The maximum Gasteiger partial charge on any atom is 0.301 e. The number of ketones is 1. The van der Waals surface area contributed by atoms with Crippen LogP contribution in [0.3, 0.4) is 0 Å². The van der Waals surface area contributed by atoms with Gasteiger partial charge in [-0.25, -0.2) is 4.98 Å². The van der Waals surface area contributed by atoms with Crippen LogP contribution in [-0.2, 0) is 22.6 Å². The Bertz CT molecular complexity index is 1940. The zero-order valence-electron chi connectivity index (χ0n) is 23.0. The van der Waals surface area contributed by atoms with E-state index in [0.29, 0.717) is 45.6 Å². The molecule has 0 radical (unpaired) electrons. The van der Waals surface area contributed by atoms with Gasteiger partial charge in [-0.15, -0.1) is 0 Å². The summed E-state index contributed by atoms with van der Waals surface area (Å²) in [4.78, 5) is 33.5. The molecular weight excluding hydrogens is 584 g/mol. The molecule has 5 aromatic rings. The minimum absolute atomic E-state index is 0.0177. The van der Waals surface area contributed by atoms with E-state index in [0.717, 1.165) is 21.6 Å². The molecule has 1 aromatic heterocycles. The fourth-order valence-electron chi connectivity index (χ4n) is 5.57. The van der Waals surface area contributed by atoms with E-state index in [-0.39, 0.29) is 17.4 Å². The number of rotatable bonds is 6. The van der Waals surface area contributed by atoms with Crippen LogP contribution < -0.4 is 14.4 Å². The molecular formula is C34H25ClN2O5S. The smallest absolute Gasteiger partial charge is 0.301 e. The number of carbonyl (C=O) groups excluding carboxylic acids is 2. The first-order chi connectivity index (χ1) is 20.9. The van der Waals surface area contributed by atoms with E-state index >= 15 is 0 Å². The van der Waals surface area contributed by atoms with Crippen LogP contribution in [0.1, 0.15) is 35.2 Å². The van der Waals surface area contributed by atoms with Gasteiger partial charge in [0, 0.05) is 17.0 Å². The predicted octanol–water partition coefficient (Wildman–Crippen LogP) is 7.48. The highest BCUT2D eigenvalue weighted by Crippen LogP contribution is 2.45. The average Bonchev–Trinajstić information content (AvgIpc) is 3.68. The van der Waals surface area contributed by atoms with Crippen LogP contribution in [0.5, 0.6) is 11.5 Å². The van der Waals surface area contributed by atoms with Crippen molar-refractivity contribution in [3.8, 4) is 11.5 Å². The van der Waals surface area contributed by atoms with Crippen LogP contribution in [0.4, 0.5) is 5.13 Å². The van der Waals surface area contributed by atoms with Crippen molar-refractivity contribution in [2.45, 2.75) is 32.1 Å². The van der Waals surface area contributed by atoms with Gasteiger partial charge in [0.25, 0.3) is 5.78 Å². The van der Waals surface area contributed by atoms with Gasteiger partial charge in [-0.2, -0.15) is 0 Å². The maximum absolute atomic E-state index is 13.7. The molecule has 0 aliphatic carbocycles. The van der Waals surface area contributed by atoms with Crippen LogP contribution in [0.2, 0.25) is 5.02 Å². The fourth-order valence-corrected chi connectivity index (χ4v) is 6.84. The number of halogens is 1. The van der Waals surface area contributed by atoms with E-state index < -0.39 is 17.7 Å². The lowest BCUT2D eigenvalue weighted by Crippen LogP contribution is -2.29. The number of amides is 1. The number of hydrogen-bond donors (Lipinski definition) is 1. The summed E-state index contributed by atoms with van der Waals surface area (Å²) >= 11 is 7.47. The number of benzene rings is 4. The summed E-state index contributed by atoms with van der Waals surface area (Å²) in [6.45, 7) is 2.32. The molecule has 3 heterocycles.